The number of ether oxygens (including phenoxy) is 1. The van der Waals surface area contributed by atoms with E-state index in [1.165, 1.54) is 0 Å². The lowest BCUT2D eigenvalue weighted by molar-refractivity contribution is -0.119. The number of carbonyl (C=O) groups is 1. The number of anilines is 1. The number of carbonyl (C=O) groups excluding carboxylic acids is 1. The van der Waals surface area contributed by atoms with Gasteiger partial charge in [-0.05, 0) is 36.4 Å². The standard InChI is InChI=1S/C17H18N2O2/c1-2-12-18-17(20)13-19-14-8-10-16(11-9-14)21-15-6-4-3-5-7-15/h2-11,19H,1,12-13H2,(H,18,20). The summed E-state index contributed by atoms with van der Waals surface area (Å²) in [5.41, 5.74) is 0.865. The molecule has 0 saturated heterocycles. The number of nitrogens with one attached hydrogen (secondary N) is 2. The number of hydrogen-bond donors (Lipinski definition) is 2. The molecule has 4 nitrogen and oxygen atoms in total. The van der Waals surface area contributed by atoms with Crippen molar-refractivity contribution in [3.63, 3.8) is 0 Å². The van der Waals surface area contributed by atoms with Crippen LogP contribution >= 0.6 is 0 Å². The topological polar surface area (TPSA) is 50.4 Å². The molecule has 0 aromatic heterocycles. The van der Waals surface area contributed by atoms with Crippen molar-refractivity contribution in [3.05, 3.63) is 67.3 Å². The highest BCUT2D eigenvalue weighted by Gasteiger charge is 2.00. The molecular formula is C17H18N2O2. The first-order valence-corrected chi connectivity index (χ1v) is 6.72. The summed E-state index contributed by atoms with van der Waals surface area (Å²) in [4.78, 5) is 11.4. The van der Waals surface area contributed by atoms with Crippen LogP contribution in [-0.2, 0) is 4.79 Å². The summed E-state index contributed by atoms with van der Waals surface area (Å²) in [6.45, 7) is 4.25. The van der Waals surface area contributed by atoms with E-state index in [4.69, 9.17) is 4.74 Å². The molecule has 4 heteroatoms. The lowest BCUT2D eigenvalue weighted by atomic mass is 10.3. The molecule has 108 valence electrons. The van der Waals surface area contributed by atoms with Gasteiger partial charge in [-0.15, -0.1) is 6.58 Å². The fraction of sp³-hybridized carbons (Fsp3) is 0.118. The second-order valence-electron chi connectivity index (χ2n) is 4.39. The Morgan fingerprint density at radius 3 is 2.38 bits per heavy atom. The van der Waals surface area contributed by atoms with Crippen LogP contribution in [0.4, 0.5) is 5.69 Å². The average Bonchev–Trinajstić information content (AvgIpc) is 2.53. The van der Waals surface area contributed by atoms with Crippen molar-refractivity contribution in [1.82, 2.24) is 5.32 Å². The summed E-state index contributed by atoms with van der Waals surface area (Å²) in [7, 11) is 0. The van der Waals surface area contributed by atoms with Crippen LogP contribution < -0.4 is 15.4 Å². The maximum atomic E-state index is 11.4. The van der Waals surface area contributed by atoms with Crippen LogP contribution in [0.2, 0.25) is 0 Å². The lowest BCUT2D eigenvalue weighted by Crippen LogP contribution is -2.29. The summed E-state index contributed by atoms with van der Waals surface area (Å²) >= 11 is 0. The summed E-state index contributed by atoms with van der Waals surface area (Å²) in [6, 6.07) is 17.1. The van der Waals surface area contributed by atoms with Crippen LogP contribution in [0.5, 0.6) is 11.5 Å². The fourth-order valence-electron chi connectivity index (χ4n) is 1.70. The van der Waals surface area contributed by atoms with Gasteiger partial charge in [-0.3, -0.25) is 4.79 Å². The highest BCUT2D eigenvalue weighted by Crippen LogP contribution is 2.22. The van der Waals surface area contributed by atoms with Crippen LogP contribution in [0.15, 0.2) is 67.3 Å². The third-order valence-corrected chi connectivity index (χ3v) is 2.73. The zero-order valence-electron chi connectivity index (χ0n) is 11.7. The van der Waals surface area contributed by atoms with Gasteiger partial charge in [0.1, 0.15) is 11.5 Å². The first-order valence-electron chi connectivity index (χ1n) is 6.72. The summed E-state index contributed by atoms with van der Waals surface area (Å²) < 4.78 is 5.69. The summed E-state index contributed by atoms with van der Waals surface area (Å²) in [5.74, 6) is 1.48. The summed E-state index contributed by atoms with van der Waals surface area (Å²) in [6.07, 6.45) is 1.65. The largest absolute Gasteiger partial charge is 0.457 e. The molecule has 2 aromatic rings. The monoisotopic (exact) mass is 282 g/mol. The van der Waals surface area contributed by atoms with Crippen LogP contribution in [0.3, 0.4) is 0 Å². The molecule has 0 unspecified atom stereocenters. The van der Waals surface area contributed by atoms with E-state index in [0.717, 1.165) is 17.2 Å². The summed E-state index contributed by atoms with van der Waals surface area (Å²) in [5, 5.41) is 5.74. The Morgan fingerprint density at radius 2 is 1.71 bits per heavy atom. The number of benzene rings is 2. The van der Waals surface area contributed by atoms with Crippen molar-refractivity contribution in [2.24, 2.45) is 0 Å². The third-order valence-electron chi connectivity index (χ3n) is 2.73. The van der Waals surface area contributed by atoms with Crippen molar-refractivity contribution in [3.8, 4) is 11.5 Å². The van der Waals surface area contributed by atoms with Gasteiger partial charge in [-0.25, -0.2) is 0 Å². The molecule has 0 aliphatic carbocycles. The van der Waals surface area contributed by atoms with Crippen LogP contribution in [-0.4, -0.2) is 19.0 Å². The van der Waals surface area contributed by atoms with Crippen LogP contribution in [0.1, 0.15) is 0 Å². The first-order chi connectivity index (χ1) is 10.3. The molecule has 0 aliphatic rings. The zero-order chi connectivity index (χ0) is 14.9. The number of hydrogen-bond acceptors (Lipinski definition) is 3. The van der Waals surface area contributed by atoms with Gasteiger partial charge in [0.25, 0.3) is 0 Å². The van der Waals surface area contributed by atoms with Gasteiger partial charge in [-0.1, -0.05) is 24.3 Å². The van der Waals surface area contributed by atoms with E-state index in [1.54, 1.807) is 6.08 Å². The predicted molar refractivity (Wildman–Crippen MR) is 84.7 cm³/mol. The highest BCUT2D eigenvalue weighted by atomic mass is 16.5. The molecule has 0 spiro atoms. The molecule has 2 rings (SSSR count). The Bertz CT molecular complexity index is 579. The van der Waals surface area contributed by atoms with E-state index in [-0.39, 0.29) is 12.5 Å². The average molecular weight is 282 g/mol. The maximum Gasteiger partial charge on any atom is 0.239 e. The maximum absolute atomic E-state index is 11.4. The van der Waals surface area contributed by atoms with Crippen molar-refractivity contribution in [2.75, 3.05) is 18.4 Å². The molecule has 0 fully saturated rings. The second kappa shape index (κ2) is 7.75. The minimum absolute atomic E-state index is 0.0699. The number of para-hydroxylation sites is 1. The molecule has 0 aliphatic heterocycles. The van der Waals surface area contributed by atoms with Gasteiger partial charge < -0.3 is 15.4 Å². The van der Waals surface area contributed by atoms with Crippen molar-refractivity contribution in [1.29, 1.82) is 0 Å². The molecule has 0 saturated carbocycles. The van der Waals surface area contributed by atoms with E-state index >= 15 is 0 Å². The molecule has 21 heavy (non-hydrogen) atoms. The molecule has 0 radical (unpaired) electrons. The van der Waals surface area contributed by atoms with E-state index < -0.39 is 0 Å². The normalized spacial score (nSPS) is 9.71. The Morgan fingerprint density at radius 1 is 1.05 bits per heavy atom. The van der Waals surface area contributed by atoms with Gasteiger partial charge in [0, 0.05) is 12.2 Å². The second-order valence-corrected chi connectivity index (χ2v) is 4.39. The van der Waals surface area contributed by atoms with Crippen molar-refractivity contribution < 1.29 is 9.53 Å². The first kappa shape index (κ1) is 14.7. The molecule has 2 aromatic carbocycles. The lowest BCUT2D eigenvalue weighted by Gasteiger charge is -2.08. The third kappa shape index (κ3) is 5.03. The highest BCUT2D eigenvalue weighted by molar-refractivity contribution is 5.80. The minimum Gasteiger partial charge on any atom is -0.457 e. The molecule has 1 amide bonds. The Hall–Kier alpha value is -2.75. The number of rotatable bonds is 7. The quantitative estimate of drug-likeness (QED) is 0.767. The van der Waals surface area contributed by atoms with Gasteiger partial charge in [0.05, 0.1) is 6.54 Å². The number of amides is 1. The molecular weight excluding hydrogens is 264 g/mol. The Kier molecular flexibility index (Phi) is 5.41. The molecule has 2 N–H and O–H groups in total. The smallest absolute Gasteiger partial charge is 0.239 e. The minimum atomic E-state index is -0.0699. The Labute approximate surface area is 124 Å². The van der Waals surface area contributed by atoms with Crippen LogP contribution in [0.25, 0.3) is 0 Å². The SMILES string of the molecule is C=CCNC(=O)CNc1ccc(Oc2ccccc2)cc1. The van der Waals surface area contributed by atoms with Crippen LogP contribution in [0, 0.1) is 0 Å². The van der Waals surface area contributed by atoms with E-state index in [0.29, 0.717) is 6.54 Å². The van der Waals surface area contributed by atoms with Gasteiger partial charge in [0.15, 0.2) is 0 Å². The van der Waals surface area contributed by atoms with Gasteiger partial charge in [-0.2, -0.15) is 0 Å². The zero-order valence-corrected chi connectivity index (χ0v) is 11.7. The van der Waals surface area contributed by atoms with E-state index in [2.05, 4.69) is 17.2 Å². The van der Waals surface area contributed by atoms with Gasteiger partial charge in [0.2, 0.25) is 5.91 Å². The van der Waals surface area contributed by atoms with E-state index in [1.807, 2.05) is 54.6 Å². The molecule has 0 bridgehead atoms. The predicted octanol–water partition coefficient (Wildman–Crippen LogP) is 3.19. The Balaban J connectivity index is 1.84. The fourth-order valence-corrected chi connectivity index (χ4v) is 1.70. The molecule has 0 atom stereocenters. The van der Waals surface area contributed by atoms with Crippen molar-refractivity contribution in [2.45, 2.75) is 0 Å². The van der Waals surface area contributed by atoms with Gasteiger partial charge >= 0.3 is 0 Å². The van der Waals surface area contributed by atoms with Crippen molar-refractivity contribution >= 4 is 11.6 Å². The molecule has 0 heterocycles. The van der Waals surface area contributed by atoms with E-state index in [9.17, 15) is 4.79 Å².